The summed E-state index contributed by atoms with van der Waals surface area (Å²) in [7, 11) is 0. The largest absolute Gasteiger partial charge is 0.493 e. The van der Waals surface area contributed by atoms with Crippen LogP contribution in [0.4, 0.5) is 14.5 Å². The summed E-state index contributed by atoms with van der Waals surface area (Å²) in [5.74, 6) is 0.0900. The molecule has 0 N–H and O–H groups in total. The number of nitrogens with zero attached hydrogens (tertiary/aromatic N) is 3. The summed E-state index contributed by atoms with van der Waals surface area (Å²) < 4.78 is 34.0. The lowest BCUT2D eigenvalue weighted by Gasteiger charge is -2.36. The van der Waals surface area contributed by atoms with Crippen molar-refractivity contribution in [2.75, 3.05) is 37.7 Å². The van der Waals surface area contributed by atoms with Crippen LogP contribution in [0.5, 0.6) is 5.75 Å². The first-order valence-corrected chi connectivity index (χ1v) is 9.64. The highest BCUT2D eigenvalue weighted by molar-refractivity contribution is 5.92. The third-order valence-corrected chi connectivity index (χ3v) is 5.64. The molecule has 2 aliphatic rings. The number of rotatable bonds is 3. The molecular formula is C22H21F2N3O. The number of aromatic nitrogens is 1. The van der Waals surface area contributed by atoms with E-state index >= 15 is 0 Å². The Bertz CT molecular complexity index is 1030. The summed E-state index contributed by atoms with van der Waals surface area (Å²) in [4.78, 5) is 8.56. The molecule has 0 amide bonds. The van der Waals surface area contributed by atoms with Crippen molar-refractivity contribution in [2.24, 2.45) is 0 Å². The first-order chi connectivity index (χ1) is 13.7. The number of pyridine rings is 1. The van der Waals surface area contributed by atoms with E-state index in [0.29, 0.717) is 0 Å². The molecule has 0 radical (unpaired) electrons. The minimum atomic E-state index is -0.488. The molecule has 5 rings (SSSR count). The van der Waals surface area contributed by atoms with Gasteiger partial charge in [0.25, 0.3) is 0 Å². The van der Waals surface area contributed by atoms with Gasteiger partial charge in [0, 0.05) is 45.3 Å². The van der Waals surface area contributed by atoms with E-state index in [-0.39, 0.29) is 10.9 Å². The fourth-order valence-electron chi connectivity index (χ4n) is 4.18. The molecule has 3 heterocycles. The highest BCUT2D eigenvalue weighted by atomic mass is 19.1. The van der Waals surface area contributed by atoms with Crippen LogP contribution in [-0.4, -0.2) is 42.7 Å². The van der Waals surface area contributed by atoms with Crippen LogP contribution in [0.1, 0.15) is 11.1 Å². The van der Waals surface area contributed by atoms with Gasteiger partial charge >= 0.3 is 0 Å². The molecule has 0 spiro atoms. The Labute approximate surface area is 162 Å². The van der Waals surface area contributed by atoms with Crippen LogP contribution in [0.3, 0.4) is 0 Å². The van der Waals surface area contributed by atoms with E-state index in [0.717, 1.165) is 63.3 Å². The maximum atomic E-state index is 14.4. The standard InChI is InChI=1S/C22H21F2N3O/c23-17-2-3-18(24)22-21(17)19(5-7-25-22)27-10-8-26(9-11-27)14-15-1-4-20-16(13-15)6-12-28-20/h1-5,7,13H,6,8-12,14H2. The van der Waals surface area contributed by atoms with Gasteiger partial charge < -0.3 is 9.64 Å². The number of fused-ring (bicyclic) bond motifs is 2. The summed E-state index contributed by atoms with van der Waals surface area (Å²) in [6, 6.07) is 10.5. The molecule has 0 saturated carbocycles. The Morgan fingerprint density at radius 2 is 1.79 bits per heavy atom. The SMILES string of the molecule is Fc1ccc(F)c2c(N3CCN(Cc4ccc5c(c4)CCO5)CC3)ccnc12. The molecule has 2 aliphatic heterocycles. The first kappa shape index (κ1) is 17.4. The van der Waals surface area contributed by atoms with Gasteiger partial charge in [-0.15, -0.1) is 0 Å². The van der Waals surface area contributed by atoms with Crippen molar-refractivity contribution in [3.05, 3.63) is 65.4 Å². The van der Waals surface area contributed by atoms with Crippen LogP contribution < -0.4 is 9.64 Å². The smallest absolute Gasteiger partial charge is 0.149 e. The van der Waals surface area contributed by atoms with Crippen molar-refractivity contribution < 1.29 is 13.5 Å². The monoisotopic (exact) mass is 381 g/mol. The number of hydrogen-bond donors (Lipinski definition) is 0. The van der Waals surface area contributed by atoms with E-state index in [9.17, 15) is 8.78 Å². The van der Waals surface area contributed by atoms with Gasteiger partial charge in [0.15, 0.2) is 0 Å². The van der Waals surface area contributed by atoms with E-state index in [1.165, 1.54) is 17.2 Å². The van der Waals surface area contributed by atoms with Gasteiger partial charge in [-0.2, -0.15) is 0 Å². The molecule has 1 fully saturated rings. The normalized spacial score (nSPS) is 17.0. The minimum Gasteiger partial charge on any atom is -0.493 e. The number of halogens is 2. The molecule has 6 heteroatoms. The molecule has 4 nitrogen and oxygen atoms in total. The Hall–Kier alpha value is -2.73. The van der Waals surface area contributed by atoms with Crippen LogP contribution >= 0.6 is 0 Å². The maximum absolute atomic E-state index is 14.4. The molecule has 0 unspecified atom stereocenters. The van der Waals surface area contributed by atoms with Gasteiger partial charge in [0.1, 0.15) is 22.9 Å². The lowest BCUT2D eigenvalue weighted by atomic mass is 10.1. The number of ether oxygens (including phenoxy) is 1. The number of piperazine rings is 1. The Morgan fingerprint density at radius 3 is 2.64 bits per heavy atom. The molecule has 3 aromatic rings. The number of benzene rings is 2. The van der Waals surface area contributed by atoms with Crippen LogP contribution in [-0.2, 0) is 13.0 Å². The summed E-state index contributed by atoms with van der Waals surface area (Å²) in [5, 5.41) is 0.273. The van der Waals surface area contributed by atoms with Crippen LogP contribution in [0, 0.1) is 11.6 Å². The highest BCUT2D eigenvalue weighted by Crippen LogP contribution is 2.31. The van der Waals surface area contributed by atoms with Crippen LogP contribution in [0.15, 0.2) is 42.6 Å². The zero-order valence-electron chi connectivity index (χ0n) is 15.5. The quantitative estimate of drug-likeness (QED) is 0.691. The van der Waals surface area contributed by atoms with Gasteiger partial charge in [-0.05, 0) is 35.4 Å². The molecule has 0 aliphatic carbocycles. The van der Waals surface area contributed by atoms with Crippen molar-refractivity contribution in [3.8, 4) is 5.75 Å². The van der Waals surface area contributed by atoms with Crippen molar-refractivity contribution in [1.29, 1.82) is 0 Å². The third-order valence-electron chi connectivity index (χ3n) is 5.64. The van der Waals surface area contributed by atoms with E-state index in [2.05, 4.69) is 33.0 Å². The number of hydrogen-bond acceptors (Lipinski definition) is 4. The molecular weight excluding hydrogens is 360 g/mol. The van der Waals surface area contributed by atoms with Gasteiger partial charge in [-0.25, -0.2) is 8.78 Å². The maximum Gasteiger partial charge on any atom is 0.149 e. The summed E-state index contributed by atoms with van der Waals surface area (Å²) >= 11 is 0. The van der Waals surface area contributed by atoms with Crippen molar-refractivity contribution in [2.45, 2.75) is 13.0 Å². The molecule has 28 heavy (non-hydrogen) atoms. The lowest BCUT2D eigenvalue weighted by Crippen LogP contribution is -2.46. The minimum absolute atomic E-state index is 0.0975. The molecule has 144 valence electrons. The van der Waals surface area contributed by atoms with Gasteiger partial charge in [-0.3, -0.25) is 9.88 Å². The summed E-state index contributed by atoms with van der Waals surface area (Å²) in [6.45, 7) is 4.94. The van der Waals surface area contributed by atoms with Gasteiger partial charge in [-0.1, -0.05) is 12.1 Å². The van der Waals surface area contributed by atoms with E-state index in [1.807, 2.05) is 0 Å². The second-order valence-electron chi connectivity index (χ2n) is 7.39. The average Bonchev–Trinajstić information content (AvgIpc) is 3.19. The molecule has 1 aromatic heterocycles. The molecule has 1 saturated heterocycles. The van der Waals surface area contributed by atoms with E-state index < -0.39 is 11.6 Å². The zero-order chi connectivity index (χ0) is 19.1. The fourth-order valence-corrected chi connectivity index (χ4v) is 4.18. The highest BCUT2D eigenvalue weighted by Gasteiger charge is 2.22. The fraction of sp³-hybridized carbons (Fsp3) is 0.318. The number of anilines is 1. The van der Waals surface area contributed by atoms with Crippen molar-refractivity contribution in [1.82, 2.24) is 9.88 Å². The van der Waals surface area contributed by atoms with Crippen molar-refractivity contribution in [3.63, 3.8) is 0 Å². The van der Waals surface area contributed by atoms with E-state index in [4.69, 9.17) is 4.74 Å². The molecule has 0 bridgehead atoms. The van der Waals surface area contributed by atoms with Gasteiger partial charge in [0.05, 0.1) is 17.7 Å². The predicted octanol–water partition coefficient (Wildman–Crippen LogP) is 3.77. The second-order valence-corrected chi connectivity index (χ2v) is 7.39. The first-order valence-electron chi connectivity index (χ1n) is 9.64. The predicted molar refractivity (Wildman–Crippen MR) is 105 cm³/mol. The van der Waals surface area contributed by atoms with Crippen molar-refractivity contribution >= 4 is 16.6 Å². The topological polar surface area (TPSA) is 28.6 Å². The lowest BCUT2D eigenvalue weighted by molar-refractivity contribution is 0.250. The Balaban J connectivity index is 1.31. The molecule has 0 atom stereocenters. The Kier molecular flexibility index (Phi) is 4.36. The summed E-state index contributed by atoms with van der Waals surface area (Å²) in [6.07, 6.45) is 2.54. The van der Waals surface area contributed by atoms with Gasteiger partial charge in [0.2, 0.25) is 0 Å². The zero-order valence-corrected chi connectivity index (χ0v) is 15.5. The Morgan fingerprint density at radius 1 is 0.964 bits per heavy atom. The summed E-state index contributed by atoms with van der Waals surface area (Å²) in [5.41, 5.74) is 3.40. The second kappa shape index (κ2) is 7.02. The van der Waals surface area contributed by atoms with Crippen LogP contribution in [0.25, 0.3) is 10.9 Å². The molecule has 2 aromatic carbocycles. The van der Waals surface area contributed by atoms with E-state index in [1.54, 1.807) is 12.3 Å². The third kappa shape index (κ3) is 3.07. The van der Waals surface area contributed by atoms with Crippen LogP contribution in [0.2, 0.25) is 0 Å². The average molecular weight is 381 g/mol.